The molecule has 0 radical (unpaired) electrons. The van der Waals surface area contributed by atoms with Crippen LogP contribution in [0.4, 0.5) is 71.4 Å². The van der Waals surface area contributed by atoms with Crippen molar-refractivity contribution in [3.8, 4) is 50.7 Å². The van der Waals surface area contributed by atoms with E-state index in [9.17, 15) is 48.4 Å². The average molecular weight is 2070 g/mol. The number of aryl methyl sites for hydroxylation is 1. The molecule has 23 nitrogen and oxygen atoms in total. The highest BCUT2D eigenvalue weighted by Crippen LogP contribution is 2.54. The van der Waals surface area contributed by atoms with E-state index in [0.717, 1.165) is 94.5 Å². The monoisotopic (exact) mass is 2070 g/mol. The third kappa shape index (κ3) is 23.2. The molecule has 2 aliphatic carbocycles. The number of para-hydroxylation sites is 2. The third-order valence-corrected chi connectivity index (χ3v) is 31.5. The molecule has 8 aromatic rings. The zero-order chi connectivity index (χ0) is 104. The van der Waals surface area contributed by atoms with Crippen LogP contribution in [0.2, 0.25) is 0 Å². The average Bonchev–Trinajstić information content (AvgIpc) is 0.703. The number of halogens is 10. The minimum Gasteiger partial charge on any atom is -0.858 e. The maximum atomic E-state index is 15.9. The smallest absolute Gasteiger partial charge is 0.450 e. The highest BCUT2D eigenvalue weighted by Gasteiger charge is 2.83. The second-order valence-corrected chi connectivity index (χ2v) is 42.6. The highest BCUT2D eigenvalue weighted by molar-refractivity contribution is 8.12. The lowest BCUT2D eigenvalue weighted by Gasteiger charge is -2.30. The van der Waals surface area contributed by atoms with Crippen LogP contribution in [0, 0.1) is 28.7 Å². The topological polar surface area (TPSA) is 299 Å². The van der Waals surface area contributed by atoms with Crippen LogP contribution in [0.3, 0.4) is 0 Å². The summed E-state index contributed by atoms with van der Waals surface area (Å²) < 4.78 is 300. The molecule has 0 bridgehead atoms. The van der Waals surface area contributed by atoms with E-state index in [-0.39, 0.29) is 59.4 Å². The van der Waals surface area contributed by atoms with Crippen molar-refractivity contribution in [2.24, 2.45) is 9.81 Å². The number of nitrogens with one attached hydrogen (secondary N) is 1. The summed E-state index contributed by atoms with van der Waals surface area (Å²) in [7, 11) is -25.9. The molecule has 2 aliphatic heterocycles. The molecule has 0 aromatic heterocycles. The Hall–Kier alpha value is -11.8. The van der Waals surface area contributed by atoms with Crippen molar-refractivity contribution in [2.75, 3.05) is 74.6 Å². The summed E-state index contributed by atoms with van der Waals surface area (Å²) in [6, 6.07) is 50.6. The van der Waals surface area contributed by atoms with E-state index in [1.165, 1.54) is 54.1 Å². The first-order chi connectivity index (χ1) is 67.0. The second-order valence-electron chi connectivity index (χ2n) is 35.0. The maximum Gasteiger partial charge on any atom is 0.450 e. The summed E-state index contributed by atoms with van der Waals surface area (Å²) in [6.45, 7) is 34.5. The summed E-state index contributed by atoms with van der Waals surface area (Å²) in [5.74, 6) is -19.3. The van der Waals surface area contributed by atoms with Crippen LogP contribution in [0.15, 0.2) is 216 Å². The predicted molar refractivity (Wildman–Crippen MR) is 533 cm³/mol. The standard InChI is InChI=1S/C63H72F4N4O9S3.C41H43F6N3O7S2/c1-11-20-41-21-19-24-45(40(7)8)58(41)71(33-13-3)43-28-30-47-51(38-43)80-50-37-42(70(32-12-2)49-25-17-15-22-44(49)39(5)6)27-29-46(50)53(47)48-23-16-18-26-52(48)82(74,75)69-83(76,77)60-56(66)54(64)59(55(65)57(60)67)81-36-35-79-62(73)68-31-34-78-61(72)63(9,10)14-4;1-7-26(6)27-16-20-30(21-17-27)57-59(54,55)41(46,47)39(42,43)40(44,45)58(52,53)48-38(51)32-15-13-12-14-31(32)37-33-22-18-28(49(8-2)9-3)24-35(33)56-36-25-29(19-23-34(36)37)50(10-4)11-5/h15-19,21-30,37-40H,11-14,20,31-36H2,1-10H3,(H,68,73);12-26H,7-11H2,1-6H3. The highest BCUT2D eigenvalue weighted by atomic mass is 32.3. The Bertz CT molecular complexity index is 7230. The number of benzene rings is 10. The Morgan fingerprint density at radius 1 is 0.570 bits per heavy atom. The quantitative estimate of drug-likeness (QED) is 0.00356. The van der Waals surface area contributed by atoms with Crippen molar-refractivity contribution >= 4 is 115 Å². The lowest BCUT2D eigenvalue weighted by atomic mass is 9.90. The Morgan fingerprint density at radius 2 is 1.13 bits per heavy atom. The Balaban J connectivity index is 0.000000287. The molecular weight excluding hydrogens is 1950 g/mol. The van der Waals surface area contributed by atoms with Gasteiger partial charge in [0.2, 0.25) is 16.4 Å². The van der Waals surface area contributed by atoms with E-state index >= 15 is 43.9 Å². The molecule has 0 spiro atoms. The Morgan fingerprint density at radius 3 is 1.70 bits per heavy atom. The van der Waals surface area contributed by atoms with E-state index in [0.29, 0.717) is 108 Å². The van der Waals surface area contributed by atoms with E-state index in [2.05, 4.69) is 106 Å². The molecule has 1 atom stereocenters. The predicted octanol–water partition coefficient (Wildman–Crippen LogP) is 23.3. The van der Waals surface area contributed by atoms with E-state index in [1.54, 1.807) is 63.2 Å². The number of rotatable bonds is 41. The summed E-state index contributed by atoms with van der Waals surface area (Å²) in [4.78, 5) is 24.3. The first kappa shape index (κ1) is 111. The number of fused-ring (bicyclic) bond motifs is 4. The van der Waals surface area contributed by atoms with Crippen LogP contribution in [-0.4, -0.2) is 133 Å². The van der Waals surface area contributed by atoms with E-state index in [4.69, 9.17) is 18.3 Å². The van der Waals surface area contributed by atoms with E-state index in [1.807, 2.05) is 93.5 Å². The fraction of sp³-hybridized carbons (Fsp3) is 0.375. The van der Waals surface area contributed by atoms with Crippen molar-refractivity contribution in [3.63, 3.8) is 0 Å². The number of esters is 1. The van der Waals surface area contributed by atoms with Gasteiger partial charge in [-0.1, -0.05) is 167 Å². The maximum absolute atomic E-state index is 15.9. The van der Waals surface area contributed by atoms with Gasteiger partial charge in [-0.2, -0.15) is 52.2 Å². The molecule has 0 saturated heterocycles. The van der Waals surface area contributed by atoms with Crippen LogP contribution < -0.4 is 44.3 Å². The first-order valence-electron chi connectivity index (χ1n) is 46.7. The number of hydrogen-bond donors (Lipinski definition) is 1. The number of ether oxygens (including phenoxy) is 2. The minimum absolute atomic E-state index is 0.0606. The van der Waals surface area contributed by atoms with Crippen LogP contribution in [0.1, 0.15) is 188 Å². The van der Waals surface area contributed by atoms with Gasteiger partial charge in [-0.3, -0.25) is 4.79 Å². The molecule has 2 heterocycles. The number of carbonyl (C=O) groups excluding carboxylic acids is 2. The molecule has 0 saturated carbocycles. The van der Waals surface area contributed by atoms with Crippen LogP contribution >= 0.6 is 11.8 Å². The fourth-order valence-corrected chi connectivity index (χ4v) is 22.0. The number of alkyl carbamates (subject to hydrolysis) is 1. The zero-order valence-corrected chi connectivity index (χ0v) is 85.6. The lowest BCUT2D eigenvalue weighted by Crippen LogP contribution is -2.61. The SMILES string of the molecule is CCC(C)c1ccc(OS(=O)(=O)C(F)(F)C(F)(F)C(F)(F)S(=O)(=O)N=C([O-])c2ccccc2-c2c3ccc(=[N+](CC)CC)cc-3oc3cc(N(CC)CC)ccc23)cc1.CCCc1cccc(C(C)C)c1[N+](CCC)=c1ccc2c(-c3ccccc3S(=O)(=O)[N-]S(=O)(=O)c3c(F)c(F)c(SCCOC(=O)NCCOC(=O)C(C)(C)CC)c(F)c3F)c3ccc(N(CCC)c4ccccc4C(C)C)cc3oc-2c1. The van der Waals surface area contributed by atoms with Crippen LogP contribution in [0.25, 0.3) is 71.0 Å². The van der Waals surface area contributed by atoms with Gasteiger partial charge >= 0.3 is 48.6 Å². The molecule has 0 fully saturated rings. The number of thioether (sulfide) groups is 1. The van der Waals surface area contributed by atoms with E-state index < -0.39 is 142 Å². The second kappa shape index (κ2) is 45.8. The van der Waals surface area contributed by atoms with Crippen LogP contribution in [-0.2, 0) is 60.9 Å². The normalized spacial score (nSPS) is 13.1. The zero-order valence-electron chi connectivity index (χ0n) is 81.5. The summed E-state index contributed by atoms with van der Waals surface area (Å²) in [6.07, 6.45) is 3.47. The molecule has 4 aliphatic rings. The van der Waals surface area contributed by atoms with Crippen molar-refractivity contribution < 1.29 is 115 Å². The first-order valence-corrected chi connectivity index (χ1v) is 53.4. The lowest BCUT2D eigenvalue weighted by molar-refractivity contribution is -0.245. The van der Waals surface area contributed by atoms with Gasteiger partial charge in [-0.25, -0.2) is 43.8 Å². The van der Waals surface area contributed by atoms with Gasteiger partial charge in [0.15, 0.2) is 23.3 Å². The van der Waals surface area contributed by atoms with Gasteiger partial charge in [-0.05, 0) is 168 Å². The summed E-state index contributed by atoms with van der Waals surface area (Å²) >= 11 is 0.163. The van der Waals surface area contributed by atoms with Crippen molar-refractivity contribution in [2.45, 2.75) is 198 Å². The largest absolute Gasteiger partial charge is 0.858 e. The molecular formula is C104H115F10N7O16S5. The molecule has 12 rings (SSSR count). The number of nitrogens with zero attached hydrogens (tertiary/aromatic N) is 6. The number of sulfonamides is 3. The molecule has 1 unspecified atom stereocenters. The number of anilines is 3. The van der Waals surface area contributed by atoms with Gasteiger partial charge in [0.1, 0.15) is 86.2 Å². The van der Waals surface area contributed by atoms with Gasteiger partial charge in [0.05, 0.1) is 33.9 Å². The molecule has 1 N–H and O–H groups in total. The van der Waals surface area contributed by atoms with Crippen LogP contribution in [0.5, 0.6) is 5.75 Å². The van der Waals surface area contributed by atoms with Gasteiger partial charge in [0, 0.05) is 129 Å². The number of hydrogen-bond acceptors (Lipinski definition) is 19. The molecule has 142 heavy (non-hydrogen) atoms. The van der Waals surface area contributed by atoms with Gasteiger partial charge in [0.25, 0.3) is 0 Å². The van der Waals surface area contributed by atoms with Crippen molar-refractivity contribution in [1.29, 1.82) is 0 Å². The van der Waals surface area contributed by atoms with Crippen molar-refractivity contribution in [3.05, 3.63) is 254 Å². The van der Waals surface area contributed by atoms with Gasteiger partial charge < -0.3 is 46.8 Å². The third-order valence-electron chi connectivity index (χ3n) is 24.5. The Kier molecular flexibility index (Phi) is 35.7. The minimum atomic E-state index is -7.26. The molecule has 38 heteroatoms. The molecule has 762 valence electrons. The summed E-state index contributed by atoms with van der Waals surface area (Å²) in [5.41, 5.74) is 8.10. The number of alkyl halides is 6. The summed E-state index contributed by atoms with van der Waals surface area (Å²) in [5, 5.41) is 4.50. The fourth-order valence-electron chi connectivity index (χ4n) is 16.4. The van der Waals surface area contributed by atoms with Crippen molar-refractivity contribution in [1.82, 2.24) is 14.5 Å². The Labute approximate surface area is 825 Å². The number of carbonyl (C=O) groups is 2. The molecule has 8 aromatic carbocycles. The molecule has 1 amide bonds. The van der Waals surface area contributed by atoms with Gasteiger partial charge in [-0.15, -0.1) is 11.8 Å². The number of amides is 1.